The molecule has 0 saturated heterocycles. The highest BCUT2D eigenvalue weighted by Gasteiger charge is 2.06. The molecule has 0 spiro atoms. The smallest absolute Gasteiger partial charge is 0.0790 e. The van der Waals surface area contributed by atoms with Crippen molar-refractivity contribution in [3.63, 3.8) is 0 Å². The van der Waals surface area contributed by atoms with E-state index in [9.17, 15) is 5.11 Å². The van der Waals surface area contributed by atoms with Crippen molar-refractivity contribution in [2.24, 2.45) is 0 Å². The first-order chi connectivity index (χ1) is 7.74. The number of aliphatic hydroxyl groups is 1. The summed E-state index contributed by atoms with van der Waals surface area (Å²) in [5, 5.41) is 9.98. The average molecular weight is 330 g/mol. The van der Waals surface area contributed by atoms with E-state index in [1.54, 1.807) is 0 Å². The van der Waals surface area contributed by atoms with Crippen LogP contribution in [-0.2, 0) is 0 Å². The molecule has 0 saturated carbocycles. The van der Waals surface area contributed by atoms with Crippen molar-refractivity contribution in [1.29, 1.82) is 0 Å². The predicted octanol–water partition coefficient (Wildman–Crippen LogP) is 4.46. The second-order valence-corrected chi connectivity index (χ2v) is 5.24. The van der Waals surface area contributed by atoms with Crippen molar-refractivity contribution in [1.82, 2.24) is 0 Å². The van der Waals surface area contributed by atoms with E-state index in [-0.39, 0.29) is 6.10 Å². The Labute approximate surface area is 112 Å². The van der Waals surface area contributed by atoms with Gasteiger partial charge in [0.2, 0.25) is 0 Å². The van der Waals surface area contributed by atoms with Crippen molar-refractivity contribution in [2.75, 3.05) is 0 Å². The third-order valence-electron chi connectivity index (χ3n) is 2.62. The molecule has 1 nitrogen and oxygen atoms in total. The zero-order valence-corrected chi connectivity index (χ0v) is 11.7. The fraction of sp³-hybridized carbons (Fsp3) is 0.429. The van der Waals surface area contributed by atoms with Gasteiger partial charge in [-0.25, -0.2) is 0 Å². The zero-order valence-electron chi connectivity index (χ0n) is 9.53. The molecule has 88 valence electrons. The van der Waals surface area contributed by atoms with Gasteiger partial charge in [-0.1, -0.05) is 31.1 Å². The molecule has 0 amide bonds. The van der Waals surface area contributed by atoms with Crippen LogP contribution in [0.2, 0.25) is 0 Å². The van der Waals surface area contributed by atoms with E-state index < -0.39 is 0 Å². The Morgan fingerprint density at radius 2 is 2.12 bits per heavy atom. The minimum absolute atomic E-state index is 0.307. The Balaban J connectivity index is 2.29. The van der Waals surface area contributed by atoms with Gasteiger partial charge in [0.1, 0.15) is 0 Å². The van der Waals surface area contributed by atoms with Gasteiger partial charge in [0, 0.05) is 3.57 Å². The van der Waals surface area contributed by atoms with Crippen LogP contribution in [0.1, 0.15) is 43.8 Å². The summed E-state index contributed by atoms with van der Waals surface area (Å²) in [7, 11) is 0. The summed E-state index contributed by atoms with van der Waals surface area (Å²) in [5.74, 6) is 0. The summed E-state index contributed by atoms with van der Waals surface area (Å²) in [5.41, 5.74) is 1.04. The SMILES string of the molecule is C=CCCCCCC(O)c1cccc(I)c1. The number of rotatable bonds is 7. The fourth-order valence-electron chi connectivity index (χ4n) is 1.68. The molecule has 1 aromatic rings. The summed E-state index contributed by atoms with van der Waals surface area (Å²) in [4.78, 5) is 0. The van der Waals surface area contributed by atoms with Crippen LogP contribution in [0.4, 0.5) is 0 Å². The van der Waals surface area contributed by atoms with Crippen LogP contribution in [0.5, 0.6) is 0 Å². The summed E-state index contributed by atoms with van der Waals surface area (Å²) in [6, 6.07) is 8.09. The largest absolute Gasteiger partial charge is 0.388 e. The van der Waals surface area contributed by atoms with Crippen LogP contribution >= 0.6 is 22.6 Å². The summed E-state index contributed by atoms with van der Waals surface area (Å²) in [6.45, 7) is 3.70. The quantitative estimate of drug-likeness (QED) is 0.445. The molecule has 0 aromatic heterocycles. The van der Waals surface area contributed by atoms with Gasteiger partial charge in [-0.05, 0) is 59.5 Å². The van der Waals surface area contributed by atoms with Crippen molar-refractivity contribution in [2.45, 2.75) is 38.2 Å². The number of aliphatic hydroxyl groups excluding tert-OH is 1. The Morgan fingerprint density at radius 3 is 2.81 bits per heavy atom. The summed E-state index contributed by atoms with van der Waals surface area (Å²) >= 11 is 2.27. The molecule has 2 heteroatoms. The number of benzene rings is 1. The minimum atomic E-state index is -0.307. The molecule has 16 heavy (non-hydrogen) atoms. The Hall–Kier alpha value is -0.350. The van der Waals surface area contributed by atoms with Gasteiger partial charge in [0.25, 0.3) is 0 Å². The van der Waals surface area contributed by atoms with E-state index in [1.807, 2.05) is 24.3 Å². The van der Waals surface area contributed by atoms with Gasteiger partial charge in [-0.2, -0.15) is 0 Å². The Kier molecular flexibility index (Phi) is 6.73. The number of allylic oxidation sites excluding steroid dienone is 1. The maximum atomic E-state index is 9.98. The van der Waals surface area contributed by atoms with Crippen LogP contribution < -0.4 is 0 Å². The van der Waals surface area contributed by atoms with Crippen molar-refractivity contribution < 1.29 is 5.11 Å². The van der Waals surface area contributed by atoms with Gasteiger partial charge in [0.05, 0.1) is 6.10 Å². The number of unbranched alkanes of at least 4 members (excludes halogenated alkanes) is 3. The topological polar surface area (TPSA) is 20.2 Å². The highest BCUT2D eigenvalue weighted by molar-refractivity contribution is 14.1. The van der Waals surface area contributed by atoms with E-state index in [1.165, 1.54) is 16.4 Å². The molecular formula is C14H19IO. The molecular weight excluding hydrogens is 311 g/mol. The first kappa shape index (κ1) is 13.7. The van der Waals surface area contributed by atoms with Crippen LogP contribution in [-0.4, -0.2) is 5.11 Å². The lowest BCUT2D eigenvalue weighted by molar-refractivity contribution is 0.163. The highest BCUT2D eigenvalue weighted by Crippen LogP contribution is 2.21. The standard InChI is InChI=1S/C14H19IO/c1-2-3-4-5-6-10-14(16)12-8-7-9-13(15)11-12/h2,7-9,11,14,16H,1,3-6,10H2. The van der Waals surface area contributed by atoms with E-state index in [0.717, 1.165) is 24.8 Å². The number of hydrogen-bond donors (Lipinski definition) is 1. The summed E-state index contributed by atoms with van der Waals surface area (Å²) < 4.78 is 1.18. The molecule has 0 radical (unpaired) electrons. The Morgan fingerprint density at radius 1 is 1.31 bits per heavy atom. The predicted molar refractivity (Wildman–Crippen MR) is 77.4 cm³/mol. The first-order valence-corrected chi connectivity index (χ1v) is 6.86. The normalized spacial score (nSPS) is 12.4. The van der Waals surface area contributed by atoms with Crippen LogP contribution in [0, 0.1) is 3.57 Å². The lowest BCUT2D eigenvalue weighted by Crippen LogP contribution is -1.97. The maximum Gasteiger partial charge on any atom is 0.0790 e. The van der Waals surface area contributed by atoms with Gasteiger partial charge in [-0.15, -0.1) is 6.58 Å². The number of hydrogen-bond acceptors (Lipinski definition) is 1. The van der Waals surface area contributed by atoms with E-state index >= 15 is 0 Å². The Bertz CT molecular complexity index is 322. The average Bonchev–Trinajstić information content (AvgIpc) is 2.28. The molecule has 1 atom stereocenters. The minimum Gasteiger partial charge on any atom is -0.388 e. The zero-order chi connectivity index (χ0) is 11.8. The van der Waals surface area contributed by atoms with Gasteiger partial charge in [0.15, 0.2) is 0 Å². The van der Waals surface area contributed by atoms with Gasteiger partial charge >= 0.3 is 0 Å². The van der Waals surface area contributed by atoms with Gasteiger partial charge in [-0.3, -0.25) is 0 Å². The first-order valence-electron chi connectivity index (χ1n) is 5.78. The molecule has 1 N–H and O–H groups in total. The fourth-order valence-corrected chi connectivity index (χ4v) is 2.25. The molecule has 0 aliphatic rings. The maximum absolute atomic E-state index is 9.98. The second kappa shape index (κ2) is 7.85. The van der Waals surface area contributed by atoms with Crippen LogP contribution in [0.25, 0.3) is 0 Å². The lowest BCUT2D eigenvalue weighted by atomic mass is 10.0. The molecule has 1 unspecified atom stereocenters. The second-order valence-electron chi connectivity index (χ2n) is 4.00. The molecule has 0 aliphatic heterocycles. The van der Waals surface area contributed by atoms with Crippen LogP contribution in [0.15, 0.2) is 36.9 Å². The molecule has 0 bridgehead atoms. The van der Waals surface area contributed by atoms with E-state index in [2.05, 4.69) is 35.2 Å². The monoisotopic (exact) mass is 330 g/mol. The highest BCUT2D eigenvalue weighted by atomic mass is 127. The van der Waals surface area contributed by atoms with Crippen LogP contribution in [0.3, 0.4) is 0 Å². The van der Waals surface area contributed by atoms with Crippen molar-refractivity contribution in [3.8, 4) is 0 Å². The van der Waals surface area contributed by atoms with Gasteiger partial charge < -0.3 is 5.11 Å². The third-order valence-corrected chi connectivity index (χ3v) is 3.29. The molecule has 1 rings (SSSR count). The van der Waals surface area contributed by atoms with Crippen molar-refractivity contribution >= 4 is 22.6 Å². The molecule has 0 aliphatic carbocycles. The van der Waals surface area contributed by atoms with Crippen molar-refractivity contribution in [3.05, 3.63) is 46.1 Å². The molecule has 1 aromatic carbocycles. The molecule has 0 fully saturated rings. The lowest BCUT2D eigenvalue weighted by Gasteiger charge is -2.10. The van der Waals surface area contributed by atoms with E-state index in [0.29, 0.717) is 0 Å². The third kappa shape index (κ3) is 5.12. The molecule has 0 heterocycles. The number of halogens is 1. The van der Waals surface area contributed by atoms with E-state index in [4.69, 9.17) is 0 Å². The summed E-state index contributed by atoms with van der Waals surface area (Å²) in [6.07, 6.45) is 7.03.